The summed E-state index contributed by atoms with van der Waals surface area (Å²) in [6.45, 7) is 0.864. The number of hydrogen-bond donors (Lipinski definition) is 1. The molecule has 5 heteroatoms. The Hall–Kier alpha value is 0.230. The highest BCUT2D eigenvalue weighted by molar-refractivity contribution is 7.99. The van der Waals surface area contributed by atoms with Gasteiger partial charge in [0.25, 0.3) is 0 Å². The van der Waals surface area contributed by atoms with Crippen LogP contribution in [0.5, 0.6) is 0 Å². The van der Waals surface area contributed by atoms with Gasteiger partial charge in [0.05, 0.1) is 6.20 Å². The standard InChI is InChI=1S/C11H17ClN2S2/c1-15-9-4-2-3-8(5-9)13-7-11-14-6-10(12)16-11/h6,8-9,13H,2-5,7H2,1H3. The predicted octanol–water partition coefficient (Wildman–Crippen LogP) is 3.56. The van der Waals surface area contributed by atoms with E-state index in [1.54, 1.807) is 17.5 Å². The van der Waals surface area contributed by atoms with E-state index < -0.39 is 0 Å². The third kappa shape index (κ3) is 3.62. The van der Waals surface area contributed by atoms with Crippen molar-refractivity contribution in [2.24, 2.45) is 0 Å². The number of thioether (sulfide) groups is 1. The fourth-order valence-corrected chi connectivity index (χ4v) is 3.88. The molecule has 2 atom stereocenters. The van der Waals surface area contributed by atoms with Gasteiger partial charge in [-0.05, 0) is 25.5 Å². The van der Waals surface area contributed by atoms with E-state index in [9.17, 15) is 0 Å². The van der Waals surface area contributed by atoms with E-state index in [4.69, 9.17) is 11.6 Å². The molecule has 90 valence electrons. The maximum atomic E-state index is 5.85. The molecule has 0 aliphatic heterocycles. The van der Waals surface area contributed by atoms with Crippen LogP contribution in [0.25, 0.3) is 0 Å². The minimum absolute atomic E-state index is 0.661. The number of nitrogens with zero attached hydrogens (tertiary/aromatic N) is 1. The molecule has 16 heavy (non-hydrogen) atoms. The minimum atomic E-state index is 0.661. The number of halogens is 1. The topological polar surface area (TPSA) is 24.9 Å². The van der Waals surface area contributed by atoms with Crippen molar-refractivity contribution in [3.8, 4) is 0 Å². The van der Waals surface area contributed by atoms with Crippen molar-refractivity contribution < 1.29 is 0 Å². The van der Waals surface area contributed by atoms with Crippen LogP contribution in [0.1, 0.15) is 30.7 Å². The first-order valence-corrected chi connectivity index (χ1v) is 8.12. The first-order chi connectivity index (χ1) is 7.78. The first-order valence-electron chi connectivity index (χ1n) is 5.64. The third-order valence-electron chi connectivity index (χ3n) is 3.03. The van der Waals surface area contributed by atoms with Crippen LogP contribution in [0, 0.1) is 0 Å². The summed E-state index contributed by atoms with van der Waals surface area (Å²) in [5, 5.41) is 5.52. The summed E-state index contributed by atoms with van der Waals surface area (Å²) in [5.74, 6) is 0. The molecule has 0 spiro atoms. The highest BCUT2D eigenvalue weighted by atomic mass is 35.5. The van der Waals surface area contributed by atoms with Crippen LogP contribution < -0.4 is 5.32 Å². The summed E-state index contributed by atoms with van der Waals surface area (Å²) in [5.41, 5.74) is 0. The SMILES string of the molecule is CSC1CCCC(NCc2ncc(Cl)s2)C1. The minimum Gasteiger partial charge on any atom is -0.308 e. The van der Waals surface area contributed by atoms with E-state index >= 15 is 0 Å². The Kier molecular flexibility index (Phi) is 4.95. The van der Waals surface area contributed by atoms with Gasteiger partial charge < -0.3 is 5.32 Å². The van der Waals surface area contributed by atoms with Crippen molar-refractivity contribution in [1.29, 1.82) is 0 Å². The lowest BCUT2D eigenvalue weighted by molar-refractivity contribution is 0.379. The number of aromatic nitrogens is 1. The predicted molar refractivity (Wildman–Crippen MR) is 73.5 cm³/mol. The zero-order valence-electron chi connectivity index (χ0n) is 9.41. The van der Waals surface area contributed by atoms with Crippen LogP contribution >= 0.6 is 34.7 Å². The second-order valence-electron chi connectivity index (χ2n) is 4.16. The van der Waals surface area contributed by atoms with Gasteiger partial charge >= 0.3 is 0 Å². The molecule has 0 bridgehead atoms. The van der Waals surface area contributed by atoms with Gasteiger partial charge in [0.15, 0.2) is 0 Å². The smallest absolute Gasteiger partial charge is 0.113 e. The highest BCUT2D eigenvalue weighted by Crippen LogP contribution is 2.27. The third-order valence-corrected chi connectivity index (χ3v) is 5.24. The Labute approximate surface area is 110 Å². The lowest BCUT2D eigenvalue weighted by Gasteiger charge is -2.28. The van der Waals surface area contributed by atoms with E-state index in [1.807, 2.05) is 11.8 Å². The van der Waals surface area contributed by atoms with Crippen molar-refractivity contribution in [2.75, 3.05) is 6.26 Å². The largest absolute Gasteiger partial charge is 0.308 e. The molecule has 0 radical (unpaired) electrons. The fourth-order valence-electron chi connectivity index (χ4n) is 2.15. The van der Waals surface area contributed by atoms with E-state index in [1.165, 1.54) is 25.7 Å². The van der Waals surface area contributed by atoms with Gasteiger partial charge in [-0.25, -0.2) is 4.98 Å². The Morgan fingerprint density at radius 2 is 2.50 bits per heavy atom. The summed E-state index contributed by atoms with van der Waals surface area (Å²) >= 11 is 9.42. The van der Waals surface area contributed by atoms with Crippen molar-refractivity contribution >= 4 is 34.7 Å². The van der Waals surface area contributed by atoms with Crippen LogP contribution in [0.4, 0.5) is 0 Å². The van der Waals surface area contributed by atoms with Crippen molar-refractivity contribution in [3.63, 3.8) is 0 Å². The normalized spacial score (nSPS) is 25.9. The van der Waals surface area contributed by atoms with Gasteiger partial charge in [0, 0.05) is 17.8 Å². The molecule has 0 amide bonds. The Morgan fingerprint density at radius 3 is 3.19 bits per heavy atom. The van der Waals surface area contributed by atoms with Crippen LogP contribution in [-0.2, 0) is 6.54 Å². The summed E-state index contributed by atoms with van der Waals surface area (Å²) in [6.07, 6.45) is 9.27. The second kappa shape index (κ2) is 6.24. The lowest BCUT2D eigenvalue weighted by atomic mass is 9.95. The van der Waals surface area contributed by atoms with Crippen molar-refractivity contribution in [3.05, 3.63) is 15.5 Å². The lowest BCUT2D eigenvalue weighted by Crippen LogP contribution is -2.34. The van der Waals surface area contributed by atoms with Gasteiger partial charge in [0.1, 0.15) is 9.34 Å². The first kappa shape index (κ1) is 12.7. The maximum Gasteiger partial charge on any atom is 0.113 e. The van der Waals surface area contributed by atoms with Crippen molar-refractivity contribution in [2.45, 2.75) is 43.5 Å². The zero-order valence-corrected chi connectivity index (χ0v) is 11.8. The molecule has 1 heterocycles. The molecule has 1 saturated carbocycles. The van der Waals surface area contributed by atoms with Crippen LogP contribution in [-0.4, -0.2) is 22.5 Å². The van der Waals surface area contributed by atoms with E-state index in [2.05, 4.69) is 16.6 Å². The number of rotatable bonds is 4. The van der Waals surface area contributed by atoms with Crippen LogP contribution in [0.2, 0.25) is 4.34 Å². The summed E-state index contributed by atoms with van der Waals surface area (Å²) in [7, 11) is 0. The van der Waals surface area contributed by atoms with Gasteiger partial charge in [-0.1, -0.05) is 18.0 Å². The summed E-state index contributed by atoms with van der Waals surface area (Å²) in [6, 6.07) is 0.661. The second-order valence-corrected chi connectivity index (χ2v) is 7.04. The van der Waals surface area contributed by atoms with Gasteiger partial charge in [-0.2, -0.15) is 11.8 Å². The van der Waals surface area contributed by atoms with Crippen LogP contribution in [0.15, 0.2) is 6.20 Å². The van der Waals surface area contributed by atoms with E-state index in [0.29, 0.717) is 6.04 Å². The average molecular weight is 277 g/mol. The number of nitrogens with one attached hydrogen (secondary N) is 1. The molecule has 1 aliphatic rings. The summed E-state index contributed by atoms with van der Waals surface area (Å²) in [4.78, 5) is 4.26. The molecule has 1 aromatic heterocycles. The fraction of sp³-hybridized carbons (Fsp3) is 0.727. The molecule has 1 aliphatic carbocycles. The average Bonchev–Trinajstić information content (AvgIpc) is 2.73. The molecule has 2 unspecified atom stereocenters. The molecule has 1 N–H and O–H groups in total. The number of thiazole rings is 1. The molecular weight excluding hydrogens is 260 g/mol. The molecule has 0 aromatic carbocycles. The molecule has 2 rings (SSSR count). The molecular formula is C11H17ClN2S2. The molecule has 1 fully saturated rings. The monoisotopic (exact) mass is 276 g/mol. The Morgan fingerprint density at radius 1 is 1.62 bits per heavy atom. The van der Waals surface area contributed by atoms with E-state index in [-0.39, 0.29) is 0 Å². The maximum absolute atomic E-state index is 5.85. The number of hydrogen-bond acceptors (Lipinski definition) is 4. The molecule has 0 saturated heterocycles. The van der Waals surface area contributed by atoms with Gasteiger partial charge in [-0.3, -0.25) is 0 Å². The van der Waals surface area contributed by atoms with Crippen LogP contribution in [0.3, 0.4) is 0 Å². The molecule has 1 aromatic rings. The Bertz CT molecular complexity index is 330. The zero-order chi connectivity index (χ0) is 11.4. The molecule has 2 nitrogen and oxygen atoms in total. The highest BCUT2D eigenvalue weighted by Gasteiger charge is 2.20. The Balaban J connectivity index is 1.77. The van der Waals surface area contributed by atoms with Crippen molar-refractivity contribution in [1.82, 2.24) is 10.3 Å². The van der Waals surface area contributed by atoms with Gasteiger partial charge in [-0.15, -0.1) is 11.3 Å². The summed E-state index contributed by atoms with van der Waals surface area (Å²) < 4.78 is 0.780. The van der Waals surface area contributed by atoms with Gasteiger partial charge in [0.2, 0.25) is 0 Å². The van der Waals surface area contributed by atoms with E-state index in [0.717, 1.165) is 21.1 Å². The quantitative estimate of drug-likeness (QED) is 0.910.